The Balaban J connectivity index is 2.34. The fraction of sp³-hybridized carbons (Fsp3) is 0.385. The van der Waals surface area contributed by atoms with Gasteiger partial charge >= 0.3 is 0 Å². The van der Waals surface area contributed by atoms with Crippen LogP contribution in [0.3, 0.4) is 0 Å². The largest absolute Gasteiger partial charge is 0.361 e. The zero-order valence-electron chi connectivity index (χ0n) is 9.92. The molecule has 0 radical (unpaired) electrons. The summed E-state index contributed by atoms with van der Waals surface area (Å²) in [6.07, 6.45) is 3.23. The highest BCUT2D eigenvalue weighted by molar-refractivity contribution is 14.1. The molecule has 0 bridgehead atoms. The van der Waals surface area contributed by atoms with Crippen LogP contribution in [0.25, 0.3) is 10.9 Å². The zero-order chi connectivity index (χ0) is 11.7. The summed E-state index contributed by atoms with van der Waals surface area (Å²) in [5, 5.41) is 1.36. The standard InChI is InChI=1S/C13H17IN2/c1-9(16(2)3)6-10-8-15-13-5-4-11(14)7-12(10)13/h4-5,7-9,15H,6H2,1-3H3/t9-/m1/s1. The van der Waals surface area contributed by atoms with E-state index in [-0.39, 0.29) is 0 Å². The molecule has 0 amide bonds. The van der Waals surface area contributed by atoms with Gasteiger partial charge < -0.3 is 9.88 Å². The first-order valence-corrected chi connectivity index (χ1v) is 6.57. The molecule has 86 valence electrons. The first-order chi connectivity index (χ1) is 7.58. The monoisotopic (exact) mass is 328 g/mol. The molecule has 0 aliphatic carbocycles. The highest BCUT2D eigenvalue weighted by Gasteiger charge is 2.10. The van der Waals surface area contributed by atoms with E-state index < -0.39 is 0 Å². The van der Waals surface area contributed by atoms with Crippen molar-refractivity contribution in [3.63, 3.8) is 0 Å². The molecule has 0 fully saturated rings. The SMILES string of the molecule is C[C@H](Cc1c[nH]c2ccc(I)cc12)N(C)C. The van der Waals surface area contributed by atoms with Gasteiger partial charge in [0, 0.05) is 26.7 Å². The summed E-state index contributed by atoms with van der Waals surface area (Å²) in [6, 6.07) is 7.11. The Morgan fingerprint density at radius 3 is 2.81 bits per heavy atom. The molecule has 1 heterocycles. The smallest absolute Gasteiger partial charge is 0.0457 e. The van der Waals surface area contributed by atoms with E-state index in [9.17, 15) is 0 Å². The van der Waals surface area contributed by atoms with Crippen molar-refractivity contribution in [2.45, 2.75) is 19.4 Å². The maximum Gasteiger partial charge on any atom is 0.0457 e. The second-order valence-corrected chi connectivity index (χ2v) is 5.77. The lowest BCUT2D eigenvalue weighted by atomic mass is 10.1. The van der Waals surface area contributed by atoms with Gasteiger partial charge in [-0.05, 0) is 73.8 Å². The normalized spacial score (nSPS) is 13.6. The number of aromatic nitrogens is 1. The van der Waals surface area contributed by atoms with Crippen molar-refractivity contribution < 1.29 is 0 Å². The summed E-state index contributed by atoms with van der Waals surface area (Å²) in [7, 11) is 4.26. The molecule has 1 N–H and O–H groups in total. The number of H-pyrrole nitrogens is 1. The third-order valence-corrected chi connectivity index (χ3v) is 3.80. The van der Waals surface area contributed by atoms with Crippen LogP contribution in [0.1, 0.15) is 12.5 Å². The molecule has 1 aromatic carbocycles. The summed E-state index contributed by atoms with van der Waals surface area (Å²) < 4.78 is 1.29. The summed E-state index contributed by atoms with van der Waals surface area (Å²) in [6.45, 7) is 2.26. The van der Waals surface area contributed by atoms with Crippen LogP contribution < -0.4 is 0 Å². The average Bonchev–Trinajstić information content (AvgIpc) is 2.61. The quantitative estimate of drug-likeness (QED) is 0.857. The minimum Gasteiger partial charge on any atom is -0.361 e. The van der Waals surface area contributed by atoms with E-state index in [1.54, 1.807) is 0 Å². The van der Waals surface area contributed by atoms with E-state index in [2.05, 4.69) is 77.9 Å². The van der Waals surface area contributed by atoms with Gasteiger partial charge in [0.15, 0.2) is 0 Å². The van der Waals surface area contributed by atoms with E-state index in [0.717, 1.165) is 6.42 Å². The second kappa shape index (κ2) is 4.75. The van der Waals surface area contributed by atoms with Crippen LogP contribution in [0.5, 0.6) is 0 Å². The highest BCUT2D eigenvalue weighted by Crippen LogP contribution is 2.22. The van der Waals surface area contributed by atoms with Crippen molar-refractivity contribution >= 4 is 33.5 Å². The van der Waals surface area contributed by atoms with Gasteiger partial charge in [-0.25, -0.2) is 0 Å². The molecule has 2 aromatic rings. The van der Waals surface area contributed by atoms with Crippen LogP contribution in [0, 0.1) is 3.57 Å². The van der Waals surface area contributed by atoms with Crippen LogP contribution >= 0.6 is 22.6 Å². The third kappa shape index (κ3) is 2.40. The summed E-state index contributed by atoms with van der Waals surface area (Å²) in [4.78, 5) is 5.59. The van der Waals surface area contributed by atoms with Crippen molar-refractivity contribution in [2.75, 3.05) is 14.1 Å². The summed E-state index contributed by atoms with van der Waals surface area (Å²) >= 11 is 2.36. The van der Waals surface area contributed by atoms with E-state index in [4.69, 9.17) is 0 Å². The second-order valence-electron chi connectivity index (χ2n) is 4.52. The predicted molar refractivity (Wildman–Crippen MR) is 77.9 cm³/mol. The van der Waals surface area contributed by atoms with E-state index >= 15 is 0 Å². The number of hydrogen-bond donors (Lipinski definition) is 1. The maximum absolute atomic E-state index is 3.34. The van der Waals surface area contributed by atoms with Crippen molar-refractivity contribution in [3.05, 3.63) is 33.5 Å². The third-order valence-electron chi connectivity index (χ3n) is 3.13. The number of rotatable bonds is 3. The van der Waals surface area contributed by atoms with Gasteiger partial charge in [0.25, 0.3) is 0 Å². The Hall–Kier alpha value is -0.550. The Labute approximate surface area is 110 Å². The number of nitrogens with one attached hydrogen (secondary N) is 1. The fourth-order valence-corrected chi connectivity index (χ4v) is 2.31. The molecule has 16 heavy (non-hydrogen) atoms. The lowest BCUT2D eigenvalue weighted by molar-refractivity contribution is 0.313. The minimum atomic E-state index is 0.567. The predicted octanol–water partition coefficient (Wildman–Crippen LogP) is 3.27. The summed E-state index contributed by atoms with van der Waals surface area (Å²) in [5.41, 5.74) is 2.65. The number of fused-ring (bicyclic) bond motifs is 1. The van der Waals surface area contributed by atoms with Gasteiger partial charge in [0.05, 0.1) is 0 Å². The lowest BCUT2D eigenvalue weighted by Crippen LogP contribution is -2.26. The van der Waals surface area contributed by atoms with Crippen LogP contribution in [-0.2, 0) is 6.42 Å². The molecule has 0 unspecified atom stereocenters. The number of halogens is 1. The molecule has 0 saturated heterocycles. The molecule has 3 heteroatoms. The lowest BCUT2D eigenvalue weighted by Gasteiger charge is -2.19. The average molecular weight is 328 g/mol. The molecule has 0 spiro atoms. The van der Waals surface area contributed by atoms with Crippen molar-refractivity contribution in [2.24, 2.45) is 0 Å². The first kappa shape index (κ1) is 11.9. The molecule has 2 nitrogen and oxygen atoms in total. The van der Waals surface area contributed by atoms with Gasteiger partial charge in [-0.3, -0.25) is 0 Å². The zero-order valence-corrected chi connectivity index (χ0v) is 12.1. The number of hydrogen-bond acceptors (Lipinski definition) is 1. The molecule has 1 atom stereocenters. The van der Waals surface area contributed by atoms with Crippen molar-refractivity contribution in [1.82, 2.24) is 9.88 Å². The van der Waals surface area contributed by atoms with Crippen LogP contribution in [0.4, 0.5) is 0 Å². The van der Waals surface area contributed by atoms with Gasteiger partial charge in [-0.2, -0.15) is 0 Å². The number of likely N-dealkylation sites (N-methyl/N-ethyl adjacent to an activating group) is 1. The van der Waals surface area contributed by atoms with E-state index in [0.29, 0.717) is 6.04 Å². The fourth-order valence-electron chi connectivity index (χ4n) is 1.82. The van der Waals surface area contributed by atoms with E-state index in [1.807, 2.05) is 0 Å². The first-order valence-electron chi connectivity index (χ1n) is 5.50. The molecule has 2 rings (SSSR count). The Bertz CT molecular complexity index is 488. The van der Waals surface area contributed by atoms with Crippen LogP contribution in [-0.4, -0.2) is 30.0 Å². The highest BCUT2D eigenvalue weighted by atomic mass is 127. The number of nitrogens with zero attached hydrogens (tertiary/aromatic N) is 1. The topological polar surface area (TPSA) is 19.0 Å². The molecule has 0 aliphatic heterocycles. The Kier molecular flexibility index (Phi) is 3.54. The molecular formula is C13H17IN2. The van der Waals surface area contributed by atoms with Gasteiger partial charge in [-0.15, -0.1) is 0 Å². The van der Waals surface area contributed by atoms with Gasteiger partial charge in [-0.1, -0.05) is 0 Å². The molecule has 0 aliphatic rings. The number of aromatic amines is 1. The number of benzene rings is 1. The van der Waals surface area contributed by atoms with Crippen LogP contribution in [0.15, 0.2) is 24.4 Å². The Morgan fingerprint density at radius 2 is 2.12 bits per heavy atom. The maximum atomic E-state index is 3.34. The summed E-state index contributed by atoms with van der Waals surface area (Å²) in [5.74, 6) is 0. The molecule has 0 saturated carbocycles. The van der Waals surface area contributed by atoms with E-state index in [1.165, 1.54) is 20.0 Å². The van der Waals surface area contributed by atoms with Gasteiger partial charge in [0.1, 0.15) is 0 Å². The van der Waals surface area contributed by atoms with Crippen LogP contribution in [0.2, 0.25) is 0 Å². The van der Waals surface area contributed by atoms with Crippen molar-refractivity contribution in [3.8, 4) is 0 Å². The van der Waals surface area contributed by atoms with Gasteiger partial charge in [0.2, 0.25) is 0 Å². The molecule has 1 aromatic heterocycles. The van der Waals surface area contributed by atoms with Crippen molar-refractivity contribution in [1.29, 1.82) is 0 Å². The minimum absolute atomic E-state index is 0.567. The Morgan fingerprint density at radius 1 is 1.38 bits per heavy atom. The molecular weight excluding hydrogens is 311 g/mol.